The zero-order valence-corrected chi connectivity index (χ0v) is 5.52. The summed E-state index contributed by atoms with van der Waals surface area (Å²) in [6.07, 6.45) is -5.92. The normalized spacial score (nSPS) is 18.7. The Hall–Kier alpha value is -0.900. The molecule has 0 aromatic heterocycles. The smallest absolute Gasteiger partial charge is 0.235 e. The summed E-state index contributed by atoms with van der Waals surface area (Å²) >= 11 is 0. The fourth-order valence-corrected chi connectivity index (χ4v) is 0.381. The molecule has 11 heavy (non-hydrogen) atoms. The average Bonchev–Trinajstić information content (AvgIpc) is 1.86. The number of rotatable bonds is 3. The lowest BCUT2D eigenvalue weighted by atomic mass is 10.2. The SMILES string of the molecule is CC(F)(N=C=O)C(F)C(F)F. The van der Waals surface area contributed by atoms with E-state index in [1.807, 2.05) is 0 Å². The van der Waals surface area contributed by atoms with Crippen molar-refractivity contribution >= 4 is 6.08 Å². The lowest BCUT2D eigenvalue weighted by Crippen LogP contribution is -2.34. The third-order valence-electron chi connectivity index (χ3n) is 0.989. The van der Waals surface area contributed by atoms with Crippen LogP contribution in [-0.4, -0.2) is 24.5 Å². The molecule has 0 heterocycles. The molecule has 2 unspecified atom stereocenters. The third kappa shape index (κ3) is 2.67. The van der Waals surface area contributed by atoms with Gasteiger partial charge in [-0.2, -0.15) is 4.99 Å². The van der Waals surface area contributed by atoms with Crippen LogP contribution in [0, 0.1) is 0 Å². The maximum atomic E-state index is 12.5. The molecule has 0 bridgehead atoms. The quantitative estimate of drug-likeness (QED) is 0.274. The van der Waals surface area contributed by atoms with Gasteiger partial charge in [0.05, 0.1) is 0 Å². The number of hydrogen-bond donors (Lipinski definition) is 0. The summed E-state index contributed by atoms with van der Waals surface area (Å²) in [7, 11) is 0. The molecule has 0 fully saturated rings. The second-order valence-electron chi connectivity index (χ2n) is 1.96. The highest BCUT2D eigenvalue weighted by Crippen LogP contribution is 2.24. The number of alkyl halides is 4. The molecule has 0 saturated heterocycles. The Morgan fingerprint density at radius 3 is 2.18 bits per heavy atom. The molecule has 0 spiro atoms. The van der Waals surface area contributed by atoms with E-state index in [0.29, 0.717) is 13.0 Å². The minimum atomic E-state index is -3.50. The van der Waals surface area contributed by atoms with Gasteiger partial charge in [0, 0.05) is 0 Å². The van der Waals surface area contributed by atoms with Crippen LogP contribution >= 0.6 is 0 Å². The van der Waals surface area contributed by atoms with E-state index in [0.717, 1.165) is 0 Å². The van der Waals surface area contributed by atoms with Crippen molar-refractivity contribution in [1.82, 2.24) is 0 Å². The summed E-state index contributed by atoms with van der Waals surface area (Å²) in [4.78, 5) is 11.7. The van der Waals surface area contributed by atoms with Crippen molar-refractivity contribution in [3.63, 3.8) is 0 Å². The molecular weight excluding hydrogens is 166 g/mol. The Bertz CT molecular complexity index is 175. The molecule has 0 aromatic rings. The van der Waals surface area contributed by atoms with Gasteiger partial charge in [-0.25, -0.2) is 22.4 Å². The van der Waals surface area contributed by atoms with E-state index in [1.165, 1.54) is 0 Å². The first kappa shape index (κ1) is 10.1. The maximum Gasteiger partial charge on any atom is 0.274 e. The van der Waals surface area contributed by atoms with E-state index >= 15 is 0 Å². The van der Waals surface area contributed by atoms with Gasteiger partial charge in [0.15, 0.2) is 0 Å². The lowest BCUT2D eigenvalue weighted by Gasteiger charge is -2.16. The molecule has 0 aliphatic heterocycles. The third-order valence-corrected chi connectivity index (χ3v) is 0.989. The highest BCUT2D eigenvalue weighted by Gasteiger charge is 2.41. The first-order valence-electron chi connectivity index (χ1n) is 2.62. The fourth-order valence-electron chi connectivity index (χ4n) is 0.381. The standard InChI is InChI=1S/C5H5F4NO/c1-5(9,10-2-11)3(6)4(7)8/h3-4H,1H3. The van der Waals surface area contributed by atoms with E-state index in [9.17, 15) is 22.4 Å². The molecule has 64 valence electrons. The predicted octanol–water partition coefficient (Wildman–Crippen LogP) is 1.61. The lowest BCUT2D eigenvalue weighted by molar-refractivity contribution is -0.0381. The number of carbonyl (C=O) groups excluding carboxylic acids is 1. The van der Waals surface area contributed by atoms with Gasteiger partial charge in [-0.1, -0.05) is 0 Å². The molecule has 0 rings (SSSR count). The van der Waals surface area contributed by atoms with Crippen molar-refractivity contribution in [3.8, 4) is 0 Å². The van der Waals surface area contributed by atoms with Gasteiger partial charge in [-0.05, 0) is 6.92 Å². The van der Waals surface area contributed by atoms with E-state index < -0.39 is 18.4 Å². The van der Waals surface area contributed by atoms with Crippen molar-refractivity contribution < 1.29 is 22.4 Å². The zero-order valence-electron chi connectivity index (χ0n) is 5.52. The highest BCUT2D eigenvalue weighted by molar-refractivity contribution is 5.34. The Kier molecular flexibility index (Phi) is 3.19. The highest BCUT2D eigenvalue weighted by atomic mass is 19.3. The zero-order chi connectivity index (χ0) is 9.07. The molecule has 6 heteroatoms. The Morgan fingerprint density at radius 1 is 1.45 bits per heavy atom. The van der Waals surface area contributed by atoms with E-state index in [4.69, 9.17) is 0 Å². The van der Waals surface area contributed by atoms with Crippen molar-refractivity contribution in [2.75, 3.05) is 0 Å². The van der Waals surface area contributed by atoms with Gasteiger partial charge in [0.25, 0.3) is 6.43 Å². The van der Waals surface area contributed by atoms with E-state index in [1.54, 1.807) is 0 Å². The molecule has 0 aliphatic rings. The summed E-state index contributed by atoms with van der Waals surface area (Å²) in [6, 6.07) is 0. The molecule has 0 N–H and O–H groups in total. The average molecular weight is 171 g/mol. The second kappa shape index (κ2) is 3.48. The van der Waals surface area contributed by atoms with Crippen molar-refractivity contribution in [2.24, 2.45) is 4.99 Å². The second-order valence-corrected chi connectivity index (χ2v) is 1.96. The van der Waals surface area contributed by atoms with Gasteiger partial charge in [-0.3, -0.25) is 0 Å². The van der Waals surface area contributed by atoms with E-state index in [-0.39, 0.29) is 0 Å². The molecule has 0 saturated carbocycles. The van der Waals surface area contributed by atoms with Crippen LogP contribution in [0.3, 0.4) is 0 Å². The van der Waals surface area contributed by atoms with Gasteiger partial charge in [0.1, 0.15) is 0 Å². The number of isocyanates is 1. The number of aliphatic imine (C=N–C) groups is 1. The van der Waals surface area contributed by atoms with Crippen LogP contribution in [0.5, 0.6) is 0 Å². The summed E-state index contributed by atoms with van der Waals surface area (Å²) in [5.74, 6) is -3.18. The minimum absolute atomic E-state index is 0.439. The van der Waals surface area contributed by atoms with Crippen LogP contribution in [0.4, 0.5) is 17.6 Å². The monoisotopic (exact) mass is 171 g/mol. The van der Waals surface area contributed by atoms with Crippen LogP contribution in [0.15, 0.2) is 4.99 Å². The Labute approximate surface area is 59.9 Å². The molecule has 0 radical (unpaired) electrons. The number of halogens is 4. The summed E-state index contributed by atoms with van der Waals surface area (Å²) < 4.78 is 47.4. The summed E-state index contributed by atoms with van der Waals surface area (Å²) in [5, 5.41) is 0. The molecule has 0 aliphatic carbocycles. The molecular formula is C5H5F4NO. The number of hydrogen-bond acceptors (Lipinski definition) is 2. The summed E-state index contributed by atoms with van der Waals surface area (Å²) in [5.41, 5.74) is 0. The topological polar surface area (TPSA) is 29.4 Å². The van der Waals surface area contributed by atoms with Crippen LogP contribution in [0.2, 0.25) is 0 Å². The summed E-state index contributed by atoms with van der Waals surface area (Å²) in [6.45, 7) is 0.439. The first-order chi connectivity index (χ1) is 4.91. The van der Waals surface area contributed by atoms with Crippen molar-refractivity contribution in [3.05, 3.63) is 0 Å². The van der Waals surface area contributed by atoms with Gasteiger partial charge in [-0.15, -0.1) is 0 Å². The predicted molar refractivity (Wildman–Crippen MR) is 28.5 cm³/mol. The molecule has 2 nitrogen and oxygen atoms in total. The molecule has 0 aromatic carbocycles. The number of nitrogens with zero attached hydrogens (tertiary/aromatic N) is 1. The van der Waals surface area contributed by atoms with Gasteiger partial charge < -0.3 is 0 Å². The maximum absolute atomic E-state index is 12.5. The first-order valence-corrected chi connectivity index (χ1v) is 2.62. The van der Waals surface area contributed by atoms with Crippen LogP contribution in [0.25, 0.3) is 0 Å². The van der Waals surface area contributed by atoms with Crippen LogP contribution < -0.4 is 0 Å². The van der Waals surface area contributed by atoms with Crippen molar-refractivity contribution in [1.29, 1.82) is 0 Å². The van der Waals surface area contributed by atoms with Gasteiger partial charge in [0.2, 0.25) is 18.0 Å². The van der Waals surface area contributed by atoms with Crippen LogP contribution in [-0.2, 0) is 4.79 Å². The Morgan fingerprint density at radius 2 is 1.91 bits per heavy atom. The minimum Gasteiger partial charge on any atom is -0.235 e. The largest absolute Gasteiger partial charge is 0.274 e. The molecule has 0 amide bonds. The van der Waals surface area contributed by atoms with Gasteiger partial charge >= 0.3 is 0 Å². The van der Waals surface area contributed by atoms with E-state index in [2.05, 4.69) is 4.99 Å². The fraction of sp³-hybridized carbons (Fsp3) is 0.800. The Balaban J connectivity index is 4.40. The van der Waals surface area contributed by atoms with Crippen molar-refractivity contribution in [2.45, 2.75) is 25.3 Å². The molecule has 2 atom stereocenters. The van der Waals surface area contributed by atoms with Crippen LogP contribution in [0.1, 0.15) is 6.92 Å².